The van der Waals surface area contributed by atoms with Gasteiger partial charge in [-0.05, 0) is 25.0 Å². The van der Waals surface area contributed by atoms with Gasteiger partial charge in [-0.1, -0.05) is 25.4 Å². The second kappa shape index (κ2) is 7.21. The van der Waals surface area contributed by atoms with E-state index in [-0.39, 0.29) is 30.3 Å². The van der Waals surface area contributed by atoms with Gasteiger partial charge in [-0.15, -0.1) is 23.7 Å². The smallest absolute Gasteiger partial charge is 0.237 e. The van der Waals surface area contributed by atoms with Crippen LogP contribution in [-0.2, 0) is 4.79 Å². The third kappa shape index (κ3) is 4.84. The molecule has 0 bridgehead atoms. The average Bonchev–Trinajstić information content (AvgIpc) is 2.63. The predicted molar refractivity (Wildman–Crippen MR) is 75.9 cm³/mol. The van der Waals surface area contributed by atoms with E-state index in [2.05, 4.69) is 5.32 Å². The van der Waals surface area contributed by atoms with Crippen molar-refractivity contribution in [2.75, 3.05) is 0 Å². The van der Waals surface area contributed by atoms with E-state index in [0.29, 0.717) is 0 Å². The van der Waals surface area contributed by atoms with Gasteiger partial charge in [0, 0.05) is 4.88 Å². The largest absolute Gasteiger partial charge is 0.347 e. The van der Waals surface area contributed by atoms with Gasteiger partial charge in [-0.3, -0.25) is 4.79 Å². The molecule has 2 atom stereocenters. The van der Waals surface area contributed by atoms with Crippen LogP contribution in [0, 0.1) is 5.92 Å². The molecule has 0 aliphatic heterocycles. The van der Waals surface area contributed by atoms with Crippen molar-refractivity contribution in [3.63, 3.8) is 0 Å². The first kappa shape index (κ1) is 16.7. The first-order valence-corrected chi connectivity index (χ1v) is 6.42. The van der Waals surface area contributed by atoms with E-state index in [1.165, 1.54) is 11.3 Å². The Balaban J connectivity index is 0.00000256. The number of hydrogen-bond donors (Lipinski definition) is 2. The molecule has 1 rings (SSSR count). The van der Waals surface area contributed by atoms with Crippen LogP contribution in [-0.4, -0.2) is 11.9 Å². The van der Waals surface area contributed by atoms with Crippen LogP contribution >= 0.6 is 35.3 Å². The summed E-state index contributed by atoms with van der Waals surface area (Å²) in [6.07, 6.45) is 0. The van der Waals surface area contributed by atoms with Crippen LogP contribution in [0.5, 0.6) is 0 Å². The fraction of sp³-hybridized carbons (Fsp3) is 0.545. The Morgan fingerprint density at radius 3 is 2.41 bits per heavy atom. The van der Waals surface area contributed by atoms with Crippen LogP contribution in [0.4, 0.5) is 0 Å². The van der Waals surface area contributed by atoms with Crippen LogP contribution in [0.3, 0.4) is 0 Å². The number of carbonyl (C=O) groups excluding carboxylic acids is 1. The van der Waals surface area contributed by atoms with Crippen molar-refractivity contribution >= 4 is 41.3 Å². The van der Waals surface area contributed by atoms with Gasteiger partial charge in [-0.2, -0.15) is 0 Å². The quantitative estimate of drug-likeness (QED) is 0.897. The monoisotopic (exact) mass is 296 g/mol. The first-order valence-electron chi connectivity index (χ1n) is 5.23. The lowest BCUT2D eigenvalue weighted by molar-refractivity contribution is -0.123. The molecule has 1 aromatic rings. The van der Waals surface area contributed by atoms with Gasteiger partial charge in [-0.25, -0.2) is 0 Å². The van der Waals surface area contributed by atoms with Crippen LogP contribution in [0.15, 0.2) is 12.1 Å². The summed E-state index contributed by atoms with van der Waals surface area (Å²) >= 11 is 7.30. The number of nitrogens with two attached hydrogens (primary N) is 1. The summed E-state index contributed by atoms with van der Waals surface area (Å²) in [6, 6.07) is 3.23. The molecule has 1 amide bonds. The summed E-state index contributed by atoms with van der Waals surface area (Å²) in [4.78, 5) is 12.7. The molecule has 1 aromatic heterocycles. The van der Waals surface area contributed by atoms with E-state index in [4.69, 9.17) is 17.3 Å². The molecule has 0 fully saturated rings. The molecule has 6 heteroatoms. The zero-order chi connectivity index (χ0) is 12.3. The Bertz CT molecular complexity index is 368. The summed E-state index contributed by atoms with van der Waals surface area (Å²) in [5, 5.41) is 2.88. The first-order chi connectivity index (χ1) is 7.41. The summed E-state index contributed by atoms with van der Waals surface area (Å²) in [7, 11) is 0. The molecule has 0 aliphatic rings. The standard InChI is InChI=1S/C11H17ClN2OS.ClH/c1-6(2)10(13)11(15)14-7(3)8-4-5-9(12)16-8;/h4-7,10H,13H2,1-3H3,(H,14,15);1H. The highest BCUT2D eigenvalue weighted by Gasteiger charge is 2.19. The zero-order valence-corrected chi connectivity index (χ0v) is 12.5. The third-order valence-electron chi connectivity index (χ3n) is 2.40. The lowest BCUT2D eigenvalue weighted by Crippen LogP contribution is -2.44. The number of thiophene rings is 1. The van der Waals surface area contributed by atoms with Crippen molar-refractivity contribution < 1.29 is 4.79 Å². The van der Waals surface area contributed by atoms with E-state index >= 15 is 0 Å². The number of rotatable bonds is 4. The Kier molecular flexibility index (Phi) is 7.09. The molecule has 17 heavy (non-hydrogen) atoms. The van der Waals surface area contributed by atoms with Crippen molar-refractivity contribution in [1.29, 1.82) is 0 Å². The predicted octanol–water partition coefficient (Wildman–Crippen LogP) is 2.98. The summed E-state index contributed by atoms with van der Waals surface area (Å²) in [5.41, 5.74) is 5.76. The van der Waals surface area contributed by atoms with Gasteiger partial charge in [0.2, 0.25) is 5.91 Å². The van der Waals surface area contributed by atoms with Gasteiger partial charge in [0.05, 0.1) is 16.4 Å². The minimum absolute atomic E-state index is 0. The summed E-state index contributed by atoms with van der Waals surface area (Å²) in [5.74, 6) is 0.0196. The van der Waals surface area contributed by atoms with Gasteiger partial charge in [0.15, 0.2) is 0 Å². The van der Waals surface area contributed by atoms with Gasteiger partial charge in [0.25, 0.3) is 0 Å². The number of carbonyl (C=O) groups is 1. The molecule has 0 spiro atoms. The van der Waals surface area contributed by atoms with Crippen molar-refractivity contribution in [1.82, 2.24) is 5.32 Å². The highest BCUT2D eigenvalue weighted by atomic mass is 35.5. The van der Waals surface area contributed by atoms with Crippen LogP contribution in [0.1, 0.15) is 31.7 Å². The average molecular weight is 297 g/mol. The molecule has 0 radical (unpaired) electrons. The molecular weight excluding hydrogens is 279 g/mol. The van der Waals surface area contributed by atoms with Gasteiger partial charge < -0.3 is 11.1 Å². The van der Waals surface area contributed by atoms with Crippen molar-refractivity contribution in [2.24, 2.45) is 11.7 Å². The molecule has 0 saturated heterocycles. The normalized spacial score (nSPS) is 14.0. The minimum atomic E-state index is -0.460. The second-order valence-electron chi connectivity index (χ2n) is 4.14. The van der Waals surface area contributed by atoms with Gasteiger partial charge in [0.1, 0.15) is 0 Å². The summed E-state index contributed by atoms with van der Waals surface area (Å²) in [6.45, 7) is 5.78. The Hall–Kier alpha value is -0.290. The van der Waals surface area contributed by atoms with Crippen molar-refractivity contribution in [2.45, 2.75) is 32.9 Å². The van der Waals surface area contributed by atoms with Crippen molar-refractivity contribution in [3.8, 4) is 0 Å². The highest BCUT2D eigenvalue weighted by Crippen LogP contribution is 2.26. The van der Waals surface area contributed by atoms with Crippen LogP contribution < -0.4 is 11.1 Å². The fourth-order valence-electron chi connectivity index (χ4n) is 1.24. The molecule has 3 N–H and O–H groups in total. The highest BCUT2D eigenvalue weighted by molar-refractivity contribution is 7.16. The van der Waals surface area contributed by atoms with Crippen LogP contribution in [0.25, 0.3) is 0 Å². The van der Waals surface area contributed by atoms with Gasteiger partial charge >= 0.3 is 0 Å². The molecule has 0 aromatic carbocycles. The Morgan fingerprint density at radius 2 is 2.00 bits per heavy atom. The van der Waals surface area contributed by atoms with E-state index in [0.717, 1.165) is 9.21 Å². The number of hydrogen-bond acceptors (Lipinski definition) is 3. The molecular formula is C11H18Cl2N2OS. The van der Waals surface area contributed by atoms with E-state index < -0.39 is 6.04 Å². The van der Waals surface area contributed by atoms with E-state index in [1.54, 1.807) is 0 Å². The maximum Gasteiger partial charge on any atom is 0.237 e. The maximum atomic E-state index is 11.7. The third-order valence-corrected chi connectivity index (χ3v) is 3.81. The molecule has 98 valence electrons. The second-order valence-corrected chi connectivity index (χ2v) is 5.89. The molecule has 0 saturated carbocycles. The number of amides is 1. The van der Waals surface area contributed by atoms with Crippen LogP contribution in [0.2, 0.25) is 4.34 Å². The lowest BCUT2D eigenvalue weighted by Gasteiger charge is -2.18. The number of nitrogens with one attached hydrogen (secondary N) is 1. The Morgan fingerprint density at radius 1 is 1.41 bits per heavy atom. The Labute approximate surface area is 117 Å². The van der Waals surface area contributed by atoms with E-state index in [9.17, 15) is 4.79 Å². The topological polar surface area (TPSA) is 55.1 Å². The molecule has 2 unspecified atom stereocenters. The fourth-order valence-corrected chi connectivity index (χ4v) is 2.31. The summed E-state index contributed by atoms with van der Waals surface area (Å²) < 4.78 is 0.726. The number of halogens is 2. The van der Waals surface area contributed by atoms with E-state index in [1.807, 2.05) is 32.9 Å². The minimum Gasteiger partial charge on any atom is -0.347 e. The molecule has 0 aliphatic carbocycles. The molecule has 3 nitrogen and oxygen atoms in total. The molecule has 1 heterocycles. The lowest BCUT2D eigenvalue weighted by atomic mass is 10.0. The SMILES string of the molecule is CC(NC(=O)C(N)C(C)C)c1ccc(Cl)s1.Cl. The zero-order valence-electron chi connectivity index (χ0n) is 10.1. The van der Waals surface area contributed by atoms with Crippen molar-refractivity contribution in [3.05, 3.63) is 21.3 Å². The maximum absolute atomic E-state index is 11.7.